The van der Waals surface area contributed by atoms with Gasteiger partial charge in [-0.1, -0.05) is 261 Å². The fraction of sp³-hybridized carbons (Fsp3) is 0.797. The molecule has 0 aromatic rings. The number of phosphoric ester groups is 1. The van der Waals surface area contributed by atoms with Crippen LogP contribution >= 0.6 is 7.82 Å². The molecule has 0 radical (unpaired) electrons. The van der Waals surface area contributed by atoms with Gasteiger partial charge in [0.1, 0.15) is 19.3 Å². The van der Waals surface area contributed by atoms with Gasteiger partial charge in [0.25, 0.3) is 0 Å². The Morgan fingerprint density at radius 1 is 0.443 bits per heavy atom. The van der Waals surface area contributed by atoms with Crippen LogP contribution in [-0.2, 0) is 27.9 Å². The van der Waals surface area contributed by atoms with Crippen LogP contribution in [0.4, 0.5) is 0 Å². The first-order valence-electron chi connectivity index (χ1n) is 33.3. The number of ether oxygens (including phenoxy) is 1. The number of hydrogen-bond donors (Lipinski definition) is 2. The smallest absolute Gasteiger partial charge is 0.456 e. The van der Waals surface area contributed by atoms with E-state index in [1.165, 1.54) is 180 Å². The fourth-order valence-corrected chi connectivity index (χ4v) is 10.2. The van der Waals surface area contributed by atoms with Gasteiger partial charge in [-0.2, -0.15) is 0 Å². The third kappa shape index (κ3) is 59.9. The van der Waals surface area contributed by atoms with Gasteiger partial charge in [0.15, 0.2) is 0 Å². The van der Waals surface area contributed by atoms with Gasteiger partial charge < -0.3 is 19.4 Å². The summed E-state index contributed by atoms with van der Waals surface area (Å²) in [6.45, 7) is 6.98. The van der Waals surface area contributed by atoms with E-state index in [-0.39, 0.29) is 31.5 Å². The molecule has 79 heavy (non-hydrogen) atoms. The van der Waals surface area contributed by atoms with Gasteiger partial charge in [-0.15, -0.1) is 0 Å². The number of amides is 1. The van der Waals surface area contributed by atoms with E-state index in [0.29, 0.717) is 17.4 Å². The van der Waals surface area contributed by atoms with Crippen LogP contribution in [0.5, 0.6) is 0 Å². The molecule has 2 N–H and O–H groups in total. The molecular formula is C69H128N2O7P+. The van der Waals surface area contributed by atoms with Crippen molar-refractivity contribution in [3.63, 3.8) is 0 Å². The maximum atomic E-state index is 13.6. The van der Waals surface area contributed by atoms with E-state index in [9.17, 15) is 19.0 Å². The zero-order valence-electron chi connectivity index (χ0n) is 52.6. The molecule has 0 heterocycles. The summed E-state index contributed by atoms with van der Waals surface area (Å²) in [5.41, 5.74) is 0. The molecule has 0 saturated carbocycles. The number of carbonyl (C=O) groups is 2. The van der Waals surface area contributed by atoms with Crippen LogP contribution in [0.25, 0.3) is 0 Å². The van der Waals surface area contributed by atoms with Crippen molar-refractivity contribution >= 4 is 19.7 Å². The number of esters is 1. The van der Waals surface area contributed by atoms with Crippen molar-refractivity contribution in [3.05, 3.63) is 72.9 Å². The summed E-state index contributed by atoms with van der Waals surface area (Å²) in [5, 5.41) is 3.06. The molecule has 0 aromatic heterocycles. The number of phosphoric acid groups is 1. The quantitative estimate of drug-likeness (QED) is 0.0205. The van der Waals surface area contributed by atoms with E-state index in [1.54, 1.807) is 0 Å². The Morgan fingerprint density at radius 2 is 0.772 bits per heavy atom. The van der Waals surface area contributed by atoms with Crippen molar-refractivity contribution in [3.8, 4) is 0 Å². The second kappa shape index (κ2) is 58.6. The highest BCUT2D eigenvalue weighted by Crippen LogP contribution is 2.43. The summed E-state index contributed by atoms with van der Waals surface area (Å²) in [7, 11) is 1.49. The van der Waals surface area contributed by atoms with Crippen LogP contribution in [0.1, 0.15) is 303 Å². The van der Waals surface area contributed by atoms with Crippen molar-refractivity contribution in [2.75, 3.05) is 40.9 Å². The molecule has 0 fully saturated rings. The molecule has 1 amide bonds. The largest absolute Gasteiger partial charge is 0.472 e. The molecule has 3 unspecified atom stereocenters. The van der Waals surface area contributed by atoms with Gasteiger partial charge >= 0.3 is 13.8 Å². The second-order valence-corrected chi connectivity index (χ2v) is 25.1. The van der Waals surface area contributed by atoms with Crippen molar-refractivity contribution < 1.29 is 37.3 Å². The van der Waals surface area contributed by atoms with Crippen LogP contribution < -0.4 is 5.32 Å². The normalized spacial score (nSPS) is 14.1. The fourth-order valence-electron chi connectivity index (χ4n) is 9.45. The summed E-state index contributed by atoms with van der Waals surface area (Å²) in [6.07, 6.45) is 76.1. The minimum atomic E-state index is -4.46. The molecule has 0 spiro atoms. The van der Waals surface area contributed by atoms with Gasteiger partial charge in [0.05, 0.1) is 33.8 Å². The minimum Gasteiger partial charge on any atom is -0.456 e. The van der Waals surface area contributed by atoms with Gasteiger partial charge in [-0.05, 0) is 102 Å². The zero-order valence-corrected chi connectivity index (χ0v) is 53.5. The number of rotatable bonds is 60. The average Bonchev–Trinajstić information content (AvgIpc) is 3.41. The highest BCUT2D eigenvalue weighted by Gasteiger charge is 2.30. The van der Waals surface area contributed by atoms with Crippen molar-refractivity contribution in [2.24, 2.45) is 0 Å². The molecule has 0 bridgehead atoms. The lowest BCUT2D eigenvalue weighted by molar-refractivity contribution is -0.870. The van der Waals surface area contributed by atoms with Crippen LogP contribution in [0.2, 0.25) is 0 Å². The summed E-state index contributed by atoms with van der Waals surface area (Å²) in [5.74, 6) is -0.515. The first-order chi connectivity index (χ1) is 38.4. The van der Waals surface area contributed by atoms with Gasteiger partial charge in [0.2, 0.25) is 5.91 Å². The maximum absolute atomic E-state index is 13.6. The Balaban J connectivity index is 5.15. The molecule has 0 aliphatic heterocycles. The lowest BCUT2D eigenvalue weighted by Gasteiger charge is -2.27. The number of allylic oxidation sites excluding steroid dienone is 11. The average molecular weight is 1130 g/mol. The van der Waals surface area contributed by atoms with Crippen LogP contribution in [0.3, 0.4) is 0 Å². The molecular weight excluding hydrogens is 1000 g/mol. The maximum Gasteiger partial charge on any atom is 0.472 e. The van der Waals surface area contributed by atoms with Crippen LogP contribution in [0.15, 0.2) is 72.9 Å². The molecule has 9 nitrogen and oxygen atoms in total. The van der Waals surface area contributed by atoms with E-state index >= 15 is 0 Å². The molecule has 460 valence electrons. The second-order valence-electron chi connectivity index (χ2n) is 23.6. The third-order valence-electron chi connectivity index (χ3n) is 14.6. The van der Waals surface area contributed by atoms with Crippen molar-refractivity contribution in [1.29, 1.82) is 0 Å². The minimum absolute atomic E-state index is 0.0357. The standard InChI is InChI=1S/C69H127N2O7P/c1-7-10-13-16-19-22-25-27-29-31-33-34-35-36-38-39-41-43-46-49-52-55-58-61-68(72)70-66(65-77-79(74,75)76-64-63-71(4,5)6)67(60-57-54-51-48-45-24-21-18-15-12-9-3)78-69(73)62-59-56-53-50-47-44-42-40-37-32-30-28-26-23-20-17-14-11-8-2/h19,22,27-30,33-34,36,38,57,60,66-67H,7-18,20-21,23-26,31-32,35,37,39-56,58-59,61-65H2,1-6H3,(H-,70,72,74,75)/p+1/b22-19-,29-27-,30-28+,34-33-,38-36-,60-57-. The van der Waals surface area contributed by atoms with E-state index in [4.69, 9.17) is 13.8 Å². The highest BCUT2D eigenvalue weighted by atomic mass is 31.2. The summed E-state index contributed by atoms with van der Waals surface area (Å²) in [6, 6.07) is -0.857. The number of nitrogens with one attached hydrogen (secondary N) is 1. The first kappa shape index (κ1) is 76.5. The molecule has 3 atom stereocenters. The lowest BCUT2D eigenvalue weighted by atomic mass is 10.0. The van der Waals surface area contributed by atoms with E-state index in [2.05, 4.69) is 86.8 Å². The van der Waals surface area contributed by atoms with Crippen molar-refractivity contribution in [1.82, 2.24) is 5.32 Å². The number of quaternary nitrogens is 1. The Bertz CT molecular complexity index is 1580. The summed E-state index contributed by atoms with van der Waals surface area (Å²) >= 11 is 0. The number of carbonyl (C=O) groups excluding carboxylic acids is 2. The Kier molecular flexibility index (Phi) is 56.7. The SMILES string of the molecule is CCCCC/C=C\C/C=C\C/C=C\C/C=C\CCCCCCCCCC(=O)NC(COP(=O)(O)OCC[N+](C)(C)C)C(/C=C\CCCCCCCCCCC)OC(=O)CCCCCCCCCCC/C=C/CCCCCCCC. The molecule has 0 aliphatic rings. The Morgan fingerprint density at radius 3 is 1.19 bits per heavy atom. The van der Waals surface area contributed by atoms with Gasteiger partial charge in [0, 0.05) is 12.8 Å². The lowest BCUT2D eigenvalue weighted by Crippen LogP contribution is -2.47. The molecule has 0 aromatic carbocycles. The topological polar surface area (TPSA) is 111 Å². The molecule has 0 saturated heterocycles. The summed E-state index contributed by atoms with van der Waals surface area (Å²) < 4.78 is 30.7. The monoisotopic (exact) mass is 1130 g/mol. The van der Waals surface area contributed by atoms with Crippen LogP contribution in [-0.4, -0.2) is 74.3 Å². The first-order valence-corrected chi connectivity index (χ1v) is 34.8. The number of likely N-dealkylation sites (N-methyl/N-ethyl adjacent to an activating group) is 1. The number of nitrogens with zero attached hydrogens (tertiary/aromatic N) is 1. The predicted octanol–water partition coefficient (Wildman–Crippen LogP) is 20.8. The predicted molar refractivity (Wildman–Crippen MR) is 341 cm³/mol. The number of hydrogen-bond acceptors (Lipinski definition) is 6. The van der Waals surface area contributed by atoms with E-state index in [1.807, 2.05) is 33.3 Å². The zero-order chi connectivity index (χ0) is 57.9. The van der Waals surface area contributed by atoms with E-state index < -0.39 is 20.0 Å². The highest BCUT2D eigenvalue weighted by molar-refractivity contribution is 7.47. The van der Waals surface area contributed by atoms with E-state index in [0.717, 1.165) is 89.9 Å². The molecule has 10 heteroatoms. The number of unbranched alkanes of at least 4 members (excludes halogenated alkanes) is 34. The summed E-state index contributed by atoms with van der Waals surface area (Å²) in [4.78, 5) is 37.8. The van der Waals surface area contributed by atoms with Crippen LogP contribution in [0, 0.1) is 0 Å². The molecule has 0 aliphatic carbocycles. The third-order valence-corrected chi connectivity index (χ3v) is 15.6. The van der Waals surface area contributed by atoms with Crippen molar-refractivity contribution in [2.45, 2.75) is 315 Å². The Labute approximate surface area is 489 Å². The molecule has 0 rings (SSSR count). The van der Waals surface area contributed by atoms with Gasteiger partial charge in [-0.3, -0.25) is 18.6 Å². The van der Waals surface area contributed by atoms with Gasteiger partial charge in [-0.25, -0.2) is 4.57 Å². The Hall–Kier alpha value is -2.55.